The summed E-state index contributed by atoms with van der Waals surface area (Å²) in [5.41, 5.74) is 2.20. The number of nitrogens with one attached hydrogen (secondary N) is 2. The number of rotatable bonds is 9. The molecule has 38 heavy (non-hydrogen) atoms. The van der Waals surface area contributed by atoms with Crippen LogP contribution >= 0.6 is 0 Å². The molecule has 1 aliphatic rings. The van der Waals surface area contributed by atoms with Crippen LogP contribution in [0.3, 0.4) is 0 Å². The Morgan fingerprint density at radius 2 is 1.92 bits per heavy atom. The Kier molecular flexibility index (Phi) is 7.27. The zero-order valence-electron chi connectivity index (χ0n) is 21.6. The molecule has 0 amide bonds. The molecule has 1 aliphatic heterocycles. The van der Waals surface area contributed by atoms with Gasteiger partial charge in [0, 0.05) is 39.4 Å². The number of H-pyrrole nitrogens is 2. The van der Waals surface area contributed by atoms with Crippen LogP contribution in [-0.2, 0) is 30.0 Å². The van der Waals surface area contributed by atoms with Crippen LogP contribution in [0.4, 0.5) is 0 Å². The number of benzene rings is 1. The summed E-state index contributed by atoms with van der Waals surface area (Å²) >= 11 is 0. The number of ether oxygens (including phenoxy) is 1. The Balaban J connectivity index is 1.48. The Morgan fingerprint density at radius 1 is 1.13 bits per heavy atom. The van der Waals surface area contributed by atoms with Gasteiger partial charge >= 0.3 is 0 Å². The molecule has 2 N–H and O–H groups in total. The molecule has 0 radical (unpaired) electrons. The van der Waals surface area contributed by atoms with Gasteiger partial charge in [-0.3, -0.25) is 9.69 Å². The van der Waals surface area contributed by atoms with E-state index in [0.717, 1.165) is 18.4 Å². The number of hydrogen-bond acceptors (Lipinski definition) is 9. The topological polar surface area (TPSA) is 155 Å². The fourth-order valence-corrected chi connectivity index (χ4v) is 6.27. The van der Waals surface area contributed by atoms with Crippen molar-refractivity contribution in [1.82, 2.24) is 44.4 Å². The van der Waals surface area contributed by atoms with Crippen LogP contribution in [0.25, 0.3) is 22.4 Å². The Labute approximate surface area is 219 Å². The lowest BCUT2D eigenvalue weighted by molar-refractivity contribution is 0.178. The molecule has 0 saturated carbocycles. The van der Waals surface area contributed by atoms with Gasteiger partial charge in [-0.25, -0.2) is 13.4 Å². The van der Waals surface area contributed by atoms with E-state index in [9.17, 15) is 13.2 Å². The molecule has 4 heterocycles. The molecule has 0 atom stereocenters. The molecule has 1 aromatic carbocycles. The van der Waals surface area contributed by atoms with E-state index in [2.05, 4.69) is 37.4 Å². The van der Waals surface area contributed by atoms with Crippen molar-refractivity contribution in [2.75, 3.05) is 32.8 Å². The number of sulfonamides is 1. The summed E-state index contributed by atoms with van der Waals surface area (Å²) in [6, 6.07) is 4.70. The highest BCUT2D eigenvalue weighted by Crippen LogP contribution is 2.32. The zero-order valence-corrected chi connectivity index (χ0v) is 22.5. The molecule has 0 spiro atoms. The van der Waals surface area contributed by atoms with E-state index in [-0.39, 0.29) is 16.3 Å². The second-order valence-corrected chi connectivity index (χ2v) is 11.2. The summed E-state index contributed by atoms with van der Waals surface area (Å²) in [4.78, 5) is 22.9. The minimum Gasteiger partial charge on any atom is -0.493 e. The van der Waals surface area contributed by atoms with E-state index in [1.54, 1.807) is 16.7 Å². The van der Waals surface area contributed by atoms with Crippen molar-refractivity contribution in [2.45, 2.75) is 38.1 Å². The molecule has 1 saturated heterocycles. The van der Waals surface area contributed by atoms with E-state index >= 15 is 0 Å². The molecular formula is C24H31N9O4S. The van der Waals surface area contributed by atoms with Crippen molar-refractivity contribution in [3.63, 3.8) is 0 Å². The number of piperazine rings is 1. The summed E-state index contributed by atoms with van der Waals surface area (Å²) in [5, 5.41) is 13.9. The fraction of sp³-hybridized carbons (Fsp3) is 0.458. The van der Waals surface area contributed by atoms with Gasteiger partial charge in [0.25, 0.3) is 5.56 Å². The fourth-order valence-electron chi connectivity index (χ4n) is 4.82. The molecule has 0 bridgehead atoms. The number of aromatic amines is 2. The minimum atomic E-state index is -3.80. The standard InChI is InChI=1S/C24H31N9O4S/c1-4-6-16-14-31(3)22-21(16)25-23(26-24(22)34)18-13-17(7-8-19(18)37-5-2)38(35,36)33-11-9-32(10-12-33)15-20-27-29-30-28-20/h7-8,13-14H,4-6,9-12,15H2,1-3H3,(H,25,26,34)(H,27,28,29,30). The monoisotopic (exact) mass is 541 g/mol. The number of nitrogens with zero attached hydrogens (tertiary/aromatic N) is 7. The van der Waals surface area contributed by atoms with Gasteiger partial charge in [-0.1, -0.05) is 18.6 Å². The van der Waals surface area contributed by atoms with Gasteiger partial charge in [-0.2, -0.15) is 9.52 Å². The van der Waals surface area contributed by atoms with Crippen molar-refractivity contribution in [3.8, 4) is 17.1 Å². The lowest BCUT2D eigenvalue weighted by Gasteiger charge is -2.33. The van der Waals surface area contributed by atoms with Crippen molar-refractivity contribution >= 4 is 21.1 Å². The van der Waals surface area contributed by atoms with Crippen molar-refractivity contribution in [2.24, 2.45) is 7.05 Å². The Bertz CT molecular complexity index is 1590. The number of hydrogen-bond donors (Lipinski definition) is 2. The third kappa shape index (κ3) is 4.93. The SMILES string of the molecule is CCCc1cn(C)c2c(=O)[nH]c(-c3cc(S(=O)(=O)N4CCN(Cc5nn[nH]n5)CC4)ccc3OCC)nc12. The maximum atomic E-state index is 13.6. The van der Waals surface area contributed by atoms with Crippen LogP contribution in [-0.4, -0.2) is 85.6 Å². The van der Waals surface area contributed by atoms with Gasteiger partial charge in [0.2, 0.25) is 10.0 Å². The van der Waals surface area contributed by atoms with Gasteiger partial charge in [0.05, 0.1) is 29.1 Å². The summed E-state index contributed by atoms with van der Waals surface area (Å²) in [6.45, 7) is 6.52. The van der Waals surface area contributed by atoms with Crippen LogP contribution in [0.2, 0.25) is 0 Å². The first kappa shape index (κ1) is 26.0. The number of aryl methyl sites for hydroxylation is 2. The van der Waals surface area contributed by atoms with Gasteiger partial charge in [-0.05, 0) is 37.1 Å². The maximum absolute atomic E-state index is 13.6. The second kappa shape index (κ2) is 10.6. The third-order valence-electron chi connectivity index (χ3n) is 6.65. The van der Waals surface area contributed by atoms with Crippen molar-refractivity contribution in [1.29, 1.82) is 0 Å². The third-order valence-corrected chi connectivity index (χ3v) is 8.54. The molecule has 1 fully saturated rings. The molecule has 14 heteroatoms. The van der Waals surface area contributed by atoms with E-state index in [1.807, 2.05) is 20.2 Å². The Morgan fingerprint density at radius 3 is 2.61 bits per heavy atom. The molecule has 4 aromatic rings. The largest absolute Gasteiger partial charge is 0.493 e. The van der Waals surface area contributed by atoms with Gasteiger partial charge < -0.3 is 14.3 Å². The molecule has 0 aliphatic carbocycles. The predicted octanol–water partition coefficient (Wildman–Crippen LogP) is 1.30. The van der Waals surface area contributed by atoms with Crippen LogP contribution in [0.1, 0.15) is 31.7 Å². The van der Waals surface area contributed by atoms with Gasteiger partial charge in [0.15, 0.2) is 5.82 Å². The first-order chi connectivity index (χ1) is 18.3. The highest BCUT2D eigenvalue weighted by Gasteiger charge is 2.30. The molecular weight excluding hydrogens is 510 g/mol. The van der Waals surface area contributed by atoms with Crippen molar-refractivity contribution in [3.05, 3.63) is 46.1 Å². The van der Waals surface area contributed by atoms with E-state index in [0.29, 0.717) is 67.5 Å². The molecule has 13 nitrogen and oxygen atoms in total. The van der Waals surface area contributed by atoms with E-state index < -0.39 is 10.0 Å². The molecule has 202 valence electrons. The summed E-state index contributed by atoms with van der Waals surface area (Å²) in [6.07, 6.45) is 3.60. The quantitative estimate of drug-likeness (QED) is 0.319. The number of aromatic nitrogens is 7. The van der Waals surface area contributed by atoms with E-state index in [1.165, 1.54) is 10.4 Å². The van der Waals surface area contributed by atoms with E-state index in [4.69, 9.17) is 9.72 Å². The van der Waals surface area contributed by atoms with Crippen LogP contribution in [0, 0.1) is 0 Å². The summed E-state index contributed by atoms with van der Waals surface area (Å²) < 4.78 is 36.3. The van der Waals surface area contributed by atoms with Crippen LogP contribution in [0.15, 0.2) is 34.1 Å². The molecule has 0 unspecified atom stereocenters. The smallest absolute Gasteiger partial charge is 0.275 e. The van der Waals surface area contributed by atoms with Crippen molar-refractivity contribution < 1.29 is 13.2 Å². The molecule has 3 aromatic heterocycles. The summed E-state index contributed by atoms with van der Waals surface area (Å²) in [5.74, 6) is 1.29. The van der Waals surface area contributed by atoms with Gasteiger partial charge in [0.1, 0.15) is 17.1 Å². The average molecular weight is 542 g/mol. The first-order valence-electron chi connectivity index (χ1n) is 12.6. The zero-order chi connectivity index (χ0) is 26.9. The lowest BCUT2D eigenvalue weighted by Crippen LogP contribution is -2.48. The number of tetrazole rings is 1. The predicted molar refractivity (Wildman–Crippen MR) is 140 cm³/mol. The van der Waals surface area contributed by atoms with Gasteiger partial charge in [-0.15, -0.1) is 10.2 Å². The second-order valence-electron chi connectivity index (χ2n) is 9.23. The minimum absolute atomic E-state index is 0.118. The van der Waals surface area contributed by atoms with Crippen LogP contribution in [0.5, 0.6) is 5.75 Å². The van der Waals surface area contributed by atoms with Crippen LogP contribution < -0.4 is 10.3 Å². The maximum Gasteiger partial charge on any atom is 0.275 e. The lowest BCUT2D eigenvalue weighted by atomic mass is 10.1. The Hall–Kier alpha value is -3.62. The highest BCUT2D eigenvalue weighted by atomic mass is 32.2. The number of fused-ring (bicyclic) bond motifs is 1. The normalized spacial score (nSPS) is 15.3. The molecule has 5 rings (SSSR count). The summed E-state index contributed by atoms with van der Waals surface area (Å²) in [7, 11) is -1.98. The highest BCUT2D eigenvalue weighted by molar-refractivity contribution is 7.89. The first-order valence-corrected chi connectivity index (χ1v) is 14.1. The average Bonchev–Trinajstić information content (AvgIpc) is 3.52.